The fraction of sp³-hybridized carbons (Fsp3) is 0.500. The van der Waals surface area contributed by atoms with Gasteiger partial charge in [-0.1, -0.05) is 5.16 Å². The predicted molar refractivity (Wildman–Crippen MR) is 92.5 cm³/mol. The van der Waals surface area contributed by atoms with E-state index in [0.29, 0.717) is 25.4 Å². The van der Waals surface area contributed by atoms with Crippen molar-refractivity contribution in [3.05, 3.63) is 27.6 Å². The summed E-state index contributed by atoms with van der Waals surface area (Å²) in [5.74, 6) is 0.122. The highest BCUT2D eigenvalue weighted by Crippen LogP contribution is 2.38. The van der Waals surface area contributed by atoms with Crippen LogP contribution in [-0.2, 0) is 22.4 Å². The molecule has 132 valence electrons. The third-order valence-electron chi connectivity index (χ3n) is 4.91. The Morgan fingerprint density at radius 3 is 3.16 bits per heavy atom. The zero-order valence-corrected chi connectivity index (χ0v) is 14.9. The maximum atomic E-state index is 13.0. The first-order chi connectivity index (χ1) is 12.2. The number of thiophene rings is 1. The summed E-state index contributed by atoms with van der Waals surface area (Å²) in [6, 6.07) is 2.02. The van der Waals surface area contributed by atoms with Crippen LogP contribution in [0.4, 0.5) is 0 Å². The molecule has 2 aromatic rings. The molecule has 0 unspecified atom stereocenters. The number of carbonyl (C=O) groups is 2. The van der Waals surface area contributed by atoms with Gasteiger partial charge in [0, 0.05) is 29.1 Å². The Balaban J connectivity index is 1.55. The highest BCUT2D eigenvalue weighted by atomic mass is 32.1. The third kappa shape index (κ3) is 2.86. The summed E-state index contributed by atoms with van der Waals surface area (Å²) < 4.78 is 10.6. The van der Waals surface area contributed by atoms with Gasteiger partial charge in [-0.2, -0.15) is 0 Å². The van der Waals surface area contributed by atoms with Crippen molar-refractivity contribution in [1.82, 2.24) is 10.1 Å². The van der Waals surface area contributed by atoms with Crippen molar-refractivity contribution in [2.24, 2.45) is 5.92 Å². The van der Waals surface area contributed by atoms with Crippen LogP contribution < -0.4 is 0 Å². The van der Waals surface area contributed by atoms with Crippen molar-refractivity contribution >= 4 is 23.2 Å². The quantitative estimate of drug-likeness (QED) is 0.787. The van der Waals surface area contributed by atoms with Crippen molar-refractivity contribution in [3.63, 3.8) is 0 Å². The number of aromatic nitrogens is 1. The summed E-state index contributed by atoms with van der Waals surface area (Å²) >= 11 is 1.71. The lowest BCUT2D eigenvalue weighted by atomic mass is 9.94. The van der Waals surface area contributed by atoms with E-state index in [-0.39, 0.29) is 17.8 Å². The van der Waals surface area contributed by atoms with E-state index in [1.54, 1.807) is 23.2 Å². The second-order valence-corrected chi connectivity index (χ2v) is 7.44. The van der Waals surface area contributed by atoms with E-state index in [2.05, 4.69) is 5.16 Å². The summed E-state index contributed by atoms with van der Waals surface area (Å²) in [7, 11) is 0. The van der Waals surface area contributed by atoms with Gasteiger partial charge in [-0.15, -0.1) is 11.3 Å². The van der Waals surface area contributed by atoms with E-state index in [1.807, 2.05) is 11.4 Å². The number of piperidine rings is 1. The van der Waals surface area contributed by atoms with Crippen molar-refractivity contribution in [2.45, 2.75) is 32.6 Å². The Hall–Kier alpha value is -2.15. The molecule has 7 heteroatoms. The monoisotopic (exact) mass is 360 g/mol. The number of ether oxygens (including phenoxy) is 1. The number of hydrogen-bond acceptors (Lipinski definition) is 6. The summed E-state index contributed by atoms with van der Waals surface area (Å²) in [4.78, 5) is 28.0. The lowest BCUT2D eigenvalue weighted by molar-refractivity contribution is -0.149. The van der Waals surface area contributed by atoms with Gasteiger partial charge in [0.25, 0.3) is 5.91 Å². The zero-order valence-electron chi connectivity index (χ0n) is 14.1. The minimum absolute atomic E-state index is 0.141. The van der Waals surface area contributed by atoms with Crippen LogP contribution in [0.15, 0.2) is 16.0 Å². The first-order valence-electron chi connectivity index (χ1n) is 8.70. The fourth-order valence-corrected chi connectivity index (χ4v) is 4.54. The first-order valence-corrected chi connectivity index (χ1v) is 9.58. The second kappa shape index (κ2) is 6.63. The minimum Gasteiger partial charge on any atom is -0.466 e. The number of esters is 1. The van der Waals surface area contributed by atoms with E-state index < -0.39 is 0 Å². The number of likely N-dealkylation sites (tertiary alicyclic amines) is 1. The number of nitrogens with zero attached hydrogens (tertiary/aromatic N) is 2. The Morgan fingerprint density at radius 1 is 1.44 bits per heavy atom. The van der Waals surface area contributed by atoms with Gasteiger partial charge in [0.15, 0.2) is 11.5 Å². The Labute approximate surface area is 149 Å². The molecule has 1 aliphatic carbocycles. The van der Waals surface area contributed by atoms with E-state index in [9.17, 15) is 9.59 Å². The van der Waals surface area contributed by atoms with Crippen LogP contribution in [0.1, 0.15) is 40.7 Å². The summed E-state index contributed by atoms with van der Waals surface area (Å²) in [6.07, 6.45) is 3.23. The van der Waals surface area contributed by atoms with Crippen LogP contribution >= 0.6 is 11.3 Å². The highest BCUT2D eigenvalue weighted by molar-refractivity contribution is 7.10. The number of aryl methyl sites for hydroxylation is 1. The standard InChI is InChI=1S/C18H20N2O4S/c1-2-23-18(22)11-4-3-8-20(10-11)17(21)15-13-5-6-14-12(7-9-25-14)16(13)24-19-15/h7,9,11H,2-6,8,10H2,1H3/t11-/m0/s1. The number of carbonyl (C=O) groups excluding carboxylic acids is 2. The van der Waals surface area contributed by atoms with Crippen LogP contribution in [0.25, 0.3) is 11.3 Å². The molecule has 0 N–H and O–H groups in total. The molecule has 1 aliphatic heterocycles. The molecule has 6 nitrogen and oxygen atoms in total. The molecular formula is C18H20N2O4S. The molecule has 1 amide bonds. The van der Waals surface area contributed by atoms with Crippen molar-refractivity contribution < 1.29 is 18.8 Å². The average Bonchev–Trinajstić information content (AvgIpc) is 3.27. The van der Waals surface area contributed by atoms with Crippen LogP contribution in [-0.4, -0.2) is 41.6 Å². The lowest BCUT2D eigenvalue weighted by Crippen LogP contribution is -2.43. The number of hydrogen-bond donors (Lipinski definition) is 0. The van der Waals surface area contributed by atoms with Crippen LogP contribution in [0.5, 0.6) is 0 Å². The number of rotatable bonds is 3. The summed E-state index contributed by atoms with van der Waals surface area (Å²) in [6.45, 7) is 3.19. The molecule has 1 fully saturated rings. The van der Waals surface area contributed by atoms with Crippen molar-refractivity contribution in [1.29, 1.82) is 0 Å². The Morgan fingerprint density at radius 2 is 2.32 bits per heavy atom. The SMILES string of the molecule is CCOC(=O)[C@H]1CCCN(C(=O)c2noc3c2CCc2sccc2-3)C1. The molecule has 2 aromatic heterocycles. The van der Waals surface area contributed by atoms with Gasteiger partial charge in [0.05, 0.1) is 12.5 Å². The number of fused-ring (bicyclic) bond motifs is 3. The Kier molecular flexibility index (Phi) is 4.33. The molecule has 0 bridgehead atoms. The summed E-state index contributed by atoms with van der Waals surface area (Å²) in [5, 5.41) is 6.12. The average molecular weight is 360 g/mol. The predicted octanol–water partition coefficient (Wildman–Crippen LogP) is 2.92. The summed E-state index contributed by atoms with van der Waals surface area (Å²) in [5.41, 5.74) is 2.35. The van der Waals surface area contributed by atoms with E-state index >= 15 is 0 Å². The second-order valence-electron chi connectivity index (χ2n) is 6.44. The van der Waals surface area contributed by atoms with E-state index in [0.717, 1.165) is 42.6 Å². The van der Waals surface area contributed by atoms with E-state index in [1.165, 1.54) is 4.88 Å². The zero-order chi connectivity index (χ0) is 17.4. The first kappa shape index (κ1) is 16.3. The minimum atomic E-state index is -0.246. The van der Waals surface area contributed by atoms with Gasteiger partial charge in [0.2, 0.25) is 0 Å². The van der Waals surface area contributed by atoms with Gasteiger partial charge >= 0.3 is 5.97 Å². The van der Waals surface area contributed by atoms with Gasteiger partial charge < -0.3 is 14.2 Å². The van der Waals surface area contributed by atoms with Crippen molar-refractivity contribution in [3.8, 4) is 11.3 Å². The molecule has 3 heterocycles. The maximum Gasteiger partial charge on any atom is 0.310 e. The largest absolute Gasteiger partial charge is 0.466 e. The van der Waals surface area contributed by atoms with Crippen LogP contribution in [0.2, 0.25) is 0 Å². The van der Waals surface area contributed by atoms with Crippen LogP contribution in [0.3, 0.4) is 0 Å². The molecule has 1 atom stereocenters. The van der Waals surface area contributed by atoms with E-state index in [4.69, 9.17) is 9.26 Å². The molecule has 1 saturated heterocycles. The molecule has 4 rings (SSSR count). The molecule has 2 aliphatic rings. The topological polar surface area (TPSA) is 72.6 Å². The normalized spacial score (nSPS) is 19.2. The number of amides is 1. The van der Waals surface area contributed by atoms with Gasteiger partial charge in [-0.05, 0) is 44.1 Å². The smallest absolute Gasteiger partial charge is 0.310 e. The van der Waals surface area contributed by atoms with Gasteiger partial charge in [-0.3, -0.25) is 9.59 Å². The van der Waals surface area contributed by atoms with Crippen molar-refractivity contribution in [2.75, 3.05) is 19.7 Å². The molecule has 25 heavy (non-hydrogen) atoms. The van der Waals surface area contributed by atoms with Crippen LogP contribution in [0, 0.1) is 5.92 Å². The molecule has 0 aromatic carbocycles. The maximum absolute atomic E-state index is 13.0. The van der Waals surface area contributed by atoms with Gasteiger partial charge in [-0.25, -0.2) is 0 Å². The molecular weight excluding hydrogens is 340 g/mol. The Bertz CT molecular complexity index is 810. The molecule has 0 radical (unpaired) electrons. The third-order valence-corrected chi connectivity index (χ3v) is 5.89. The van der Waals surface area contributed by atoms with Gasteiger partial charge in [0.1, 0.15) is 0 Å². The fourth-order valence-electron chi connectivity index (χ4n) is 3.66. The molecule has 0 spiro atoms. The molecule has 0 saturated carbocycles. The highest BCUT2D eigenvalue weighted by Gasteiger charge is 2.34. The lowest BCUT2D eigenvalue weighted by Gasteiger charge is -2.31.